The summed E-state index contributed by atoms with van der Waals surface area (Å²) in [6, 6.07) is 13.2. The number of hydrogen-bond acceptors (Lipinski definition) is 5. The van der Waals surface area contributed by atoms with Gasteiger partial charge >= 0.3 is 6.18 Å². The first kappa shape index (κ1) is 29.0. The van der Waals surface area contributed by atoms with Crippen molar-refractivity contribution in [3.8, 4) is 11.8 Å². The molecule has 0 unspecified atom stereocenters. The summed E-state index contributed by atoms with van der Waals surface area (Å²) in [6.45, 7) is 4.68. The second kappa shape index (κ2) is 12.9. The van der Waals surface area contributed by atoms with E-state index in [0.717, 1.165) is 42.8 Å². The number of aryl methyl sites for hydroxylation is 1. The lowest BCUT2D eigenvalue weighted by atomic mass is 10.0. The van der Waals surface area contributed by atoms with Crippen LogP contribution in [0.5, 0.6) is 0 Å². The molecule has 2 aromatic carbocycles. The number of rotatable bonds is 8. The number of hydrogen-bond donors (Lipinski definition) is 3. The lowest BCUT2D eigenvalue weighted by Gasteiger charge is -2.10. The van der Waals surface area contributed by atoms with E-state index in [-0.39, 0.29) is 11.3 Å². The summed E-state index contributed by atoms with van der Waals surface area (Å²) in [6.07, 6.45) is 4.17. The van der Waals surface area contributed by atoms with Crippen molar-refractivity contribution in [1.29, 1.82) is 0 Å². The van der Waals surface area contributed by atoms with Crippen LogP contribution in [0.25, 0.3) is 5.65 Å². The minimum Gasteiger partial charge on any atom is -0.403 e. The Morgan fingerprint density at radius 1 is 1.12 bits per heavy atom. The van der Waals surface area contributed by atoms with Gasteiger partial charge in [-0.1, -0.05) is 31.4 Å². The van der Waals surface area contributed by atoms with E-state index in [1.807, 2.05) is 29.7 Å². The van der Waals surface area contributed by atoms with Crippen LogP contribution in [0.1, 0.15) is 52.5 Å². The first-order valence-electron chi connectivity index (χ1n) is 13.0. The molecular weight excluding hydrogens is 529 g/mol. The molecule has 4 rings (SSSR count). The number of benzene rings is 2. The van der Waals surface area contributed by atoms with Crippen LogP contribution < -0.4 is 16.4 Å². The third-order valence-electron chi connectivity index (χ3n) is 6.14. The number of nitrogens with one attached hydrogen (secondary N) is 2. The second-order valence-corrected chi connectivity index (χ2v) is 9.21. The van der Waals surface area contributed by atoms with E-state index in [4.69, 9.17) is 5.73 Å². The van der Waals surface area contributed by atoms with Crippen LogP contribution in [0.2, 0.25) is 0 Å². The smallest absolute Gasteiger partial charge is 0.403 e. The van der Waals surface area contributed by atoms with Gasteiger partial charge in [-0.25, -0.2) is 4.98 Å². The van der Waals surface area contributed by atoms with Crippen molar-refractivity contribution in [1.82, 2.24) is 9.38 Å². The number of alkyl halides is 3. The average Bonchev–Trinajstić information content (AvgIpc) is 3.37. The summed E-state index contributed by atoms with van der Waals surface area (Å²) in [5.74, 6) is 5.66. The fraction of sp³-hybridized carbons (Fsp3) is 0.194. The molecule has 0 saturated carbocycles. The molecule has 0 aliphatic carbocycles. The molecular formula is C31H29F3N6O. The Morgan fingerprint density at radius 3 is 2.71 bits per heavy atom. The van der Waals surface area contributed by atoms with Crippen LogP contribution in [-0.2, 0) is 6.18 Å². The summed E-state index contributed by atoms with van der Waals surface area (Å²) < 4.78 is 40.9. The van der Waals surface area contributed by atoms with E-state index in [0.29, 0.717) is 22.6 Å². The predicted octanol–water partition coefficient (Wildman–Crippen LogP) is 6.40. The number of unbranched alkanes of at least 4 members (excludes halogenated alkanes) is 1. The number of fused-ring (bicyclic) bond motifs is 1. The predicted molar refractivity (Wildman–Crippen MR) is 156 cm³/mol. The molecule has 0 bridgehead atoms. The molecule has 2 aromatic heterocycles. The molecule has 7 nitrogen and oxygen atoms in total. The number of aliphatic imine (C=N–C) groups is 1. The van der Waals surface area contributed by atoms with Crippen LogP contribution in [0.3, 0.4) is 0 Å². The Bertz CT molecular complexity index is 1670. The monoisotopic (exact) mass is 558 g/mol. The third kappa shape index (κ3) is 7.33. The highest BCUT2D eigenvalue weighted by molar-refractivity contribution is 6.04. The molecule has 10 heteroatoms. The molecule has 4 N–H and O–H groups in total. The van der Waals surface area contributed by atoms with Gasteiger partial charge < -0.3 is 16.4 Å². The van der Waals surface area contributed by atoms with Crippen molar-refractivity contribution in [2.75, 3.05) is 17.2 Å². The highest BCUT2D eigenvalue weighted by Crippen LogP contribution is 2.30. The van der Waals surface area contributed by atoms with E-state index < -0.39 is 17.6 Å². The third-order valence-corrected chi connectivity index (χ3v) is 6.14. The lowest BCUT2D eigenvalue weighted by Crippen LogP contribution is -2.13. The fourth-order valence-corrected chi connectivity index (χ4v) is 3.89. The van der Waals surface area contributed by atoms with Crippen molar-refractivity contribution in [2.45, 2.75) is 32.9 Å². The molecule has 0 atom stereocenters. The highest BCUT2D eigenvalue weighted by Gasteiger charge is 2.30. The van der Waals surface area contributed by atoms with Crippen molar-refractivity contribution >= 4 is 29.1 Å². The highest BCUT2D eigenvalue weighted by atomic mass is 19.4. The minimum absolute atomic E-state index is 0.0491. The molecule has 0 aliphatic heterocycles. The number of carbonyl (C=O) groups is 1. The first-order valence-corrected chi connectivity index (χ1v) is 13.0. The van der Waals surface area contributed by atoms with Gasteiger partial charge in [0.1, 0.15) is 5.69 Å². The van der Waals surface area contributed by atoms with E-state index in [1.54, 1.807) is 30.6 Å². The van der Waals surface area contributed by atoms with Gasteiger partial charge in [-0.05, 0) is 67.3 Å². The lowest BCUT2D eigenvalue weighted by molar-refractivity contribution is -0.137. The zero-order chi connectivity index (χ0) is 29.4. The Hall–Kier alpha value is -5.04. The number of halogens is 3. The van der Waals surface area contributed by atoms with Crippen molar-refractivity contribution < 1.29 is 18.0 Å². The summed E-state index contributed by atoms with van der Waals surface area (Å²) in [5, 5.41) is 5.77. The molecule has 41 heavy (non-hydrogen) atoms. The van der Waals surface area contributed by atoms with Crippen LogP contribution in [0.4, 0.5) is 24.5 Å². The average molecular weight is 559 g/mol. The standard InChI is InChI=1S/C31H29F3N6O/c1-3-4-14-36-19-26(18-35)38-28-9-6-15-40-27(20-37-29(28)40)13-12-22-16-23(11-10-21(22)2)30(41)39-25-8-5-7-24(17-25)31(32,33)34/h5-11,15-20,38H,3-4,14,35H2,1-2H3,(H,39,41). The van der Waals surface area contributed by atoms with Gasteiger partial charge in [-0.3, -0.25) is 14.2 Å². The molecule has 1 amide bonds. The minimum atomic E-state index is -4.51. The van der Waals surface area contributed by atoms with E-state index in [2.05, 4.69) is 39.4 Å². The van der Waals surface area contributed by atoms with Crippen molar-refractivity contribution in [2.24, 2.45) is 10.7 Å². The van der Waals surface area contributed by atoms with E-state index in [1.165, 1.54) is 18.3 Å². The van der Waals surface area contributed by atoms with Crippen LogP contribution in [0.15, 0.2) is 83.9 Å². The quantitative estimate of drug-likeness (QED) is 0.133. The normalized spacial score (nSPS) is 11.9. The van der Waals surface area contributed by atoms with Gasteiger partial charge in [0.05, 0.1) is 23.1 Å². The maximum atomic E-state index is 13.0. The second-order valence-electron chi connectivity index (χ2n) is 9.21. The Labute approximate surface area is 236 Å². The zero-order valence-electron chi connectivity index (χ0n) is 22.6. The van der Waals surface area contributed by atoms with Crippen molar-refractivity contribution in [3.05, 3.63) is 107 Å². The summed E-state index contributed by atoms with van der Waals surface area (Å²) in [7, 11) is 0. The van der Waals surface area contributed by atoms with E-state index >= 15 is 0 Å². The van der Waals surface area contributed by atoms with Crippen LogP contribution in [0, 0.1) is 18.8 Å². The number of aromatic nitrogens is 2. The number of anilines is 2. The zero-order valence-corrected chi connectivity index (χ0v) is 22.6. The van der Waals surface area contributed by atoms with E-state index in [9.17, 15) is 18.0 Å². The maximum Gasteiger partial charge on any atom is 0.416 e. The number of carbonyl (C=O) groups excluding carboxylic acids is 1. The molecule has 210 valence electrons. The van der Waals surface area contributed by atoms with Crippen LogP contribution >= 0.6 is 0 Å². The number of allylic oxidation sites excluding steroid dienone is 1. The molecule has 0 saturated heterocycles. The van der Waals surface area contributed by atoms with Gasteiger partial charge in [0, 0.05) is 42.0 Å². The topological polar surface area (TPSA) is 96.8 Å². The summed E-state index contributed by atoms with van der Waals surface area (Å²) in [4.78, 5) is 21.7. The number of nitrogens with zero attached hydrogens (tertiary/aromatic N) is 3. The molecule has 0 aliphatic rings. The fourth-order valence-electron chi connectivity index (χ4n) is 3.89. The molecule has 2 heterocycles. The van der Waals surface area contributed by atoms with Gasteiger partial charge in [0.2, 0.25) is 0 Å². The number of nitrogens with two attached hydrogens (primary N) is 1. The number of amides is 1. The number of imidazole rings is 1. The molecule has 4 aromatic rings. The molecule has 0 radical (unpaired) electrons. The number of pyridine rings is 1. The van der Waals surface area contributed by atoms with Crippen molar-refractivity contribution in [3.63, 3.8) is 0 Å². The first-order chi connectivity index (χ1) is 19.7. The van der Waals surface area contributed by atoms with Gasteiger partial charge in [0.25, 0.3) is 5.91 Å². The Morgan fingerprint density at radius 2 is 1.95 bits per heavy atom. The Kier molecular flexibility index (Phi) is 9.09. The SMILES string of the molecule is CCCCN=CC(=CN)Nc1cccn2c(C#Cc3cc(C(=O)Nc4cccc(C(F)(F)F)c4)ccc3C)cnc12. The molecule has 0 fully saturated rings. The largest absolute Gasteiger partial charge is 0.416 e. The Balaban J connectivity index is 1.55. The summed E-state index contributed by atoms with van der Waals surface area (Å²) >= 11 is 0. The van der Waals surface area contributed by atoms with Crippen LogP contribution in [-0.4, -0.2) is 28.1 Å². The van der Waals surface area contributed by atoms with Gasteiger partial charge in [-0.15, -0.1) is 0 Å². The van der Waals surface area contributed by atoms with Gasteiger partial charge in [0.15, 0.2) is 5.65 Å². The molecule has 0 spiro atoms. The van der Waals surface area contributed by atoms with Gasteiger partial charge in [-0.2, -0.15) is 13.2 Å². The summed E-state index contributed by atoms with van der Waals surface area (Å²) in [5.41, 5.74) is 9.32. The maximum absolute atomic E-state index is 13.0.